The zero-order valence-corrected chi connectivity index (χ0v) is 20.2. The van der Waals surface area contributed by atoms with Crippen molar-refractivity contribution in [3.05, 3.63) is 53.6 Å². The van der Waals surface area contributed by atoms with E-state index in [0.29, 0.717) is 24.3 Å². The van der Waals surface area contributed by atoms with Crippen molar-refractivity contribution in [2.45, 2.75) is 36.6 Å². The summed E-state index contributed by atoms with van der Waals surface area (Å²) < 4.78 is 57.7. The third kappa shape index (κ3) is 6.76. The van der Waals surface area contributed by atoms with Crippen molar-refractivity contribution >= 4 is 26.0 Å². The van der Waals surface area contributed by atoms with Gasteiger partial charge in [-0.25, -0.2) is 25.9 Å². The summed E-state index contributed by atoms with van der Waals surface area (Å²) >= 11 is 0. The Morgan fingerprint density at radius 2 is 1.62 bits per heavy atom. The number of aryl methyl sites for hydroxylation is 1. The van der Waals surface area contributed by atoms with E-state index in [1.165, 1.54) is 44.4 Å². The van der Waals surface area contributed by atoms with Crippen molar-refractivity contribution in [1.29, 1.82) is 0 Å². The van der Waals surface area contributed by atoms with Gasteiger partial charge in [-0.1, -0.05) is 19.1 Å². The van der Waals surface area contributed by atoms with E-state index >= 15 is 0 Å². The average molecular weight is 484 g/mol. The smallest absolute Gasteiger partial charge is 0.258 e. The first-order valence-electron chi connectivity index (χ1n) is 9.98. The molecule has 0 aliphatic rings. The Balaban J connectivity index is 1.91. The zero-order chi connectivity index (χ0) is 23.9. The maximum Gasteiger partial charge on any atom is 0.258 e. The summed E-state index contributed by atoms with van der Waals surface area (Å²) in [5.74, 6) is 0.0449. The molecule has 0 spiro atoms. The van der Waals surface area contributed by atoms with Crippen LogP contribution in [0.25, 0.3) is 0 Å². The van der Waals surface area contributed by atoms with Crippen molar-refractivity contribution in [3.8, 4) is 5.75 Å². The maximum atomic E-state index is 12.2. The number of sulfonamides is 2. The lowest BCUT2D eigenvalue weighted by atomic mass is 10.2. The second kappa shape index (κ2) is 10.9. The molecule has 0 aromatic heterocycles. The number of amides is 1. The van der Waals surface area contributed by atoms with Crippen LogP contribution in [0.1, 0.15) is 24.5 Å². The summed E-state index contributed by atoms with van der Waals surface area (Å²) in [6.07, 6.45) is 0.688. The van der Waals surface area contributed by atoms with Crippen molar-refractivity contribution in [2.75, 3.05) is 27.2 Å². The lowest BCUT2D eigenvalue weighted by molar-refractivity contribution is -0.123. The van der Waals surface area contributed by atoms with Gasteiger partial charge in [0.1, 0.15) is 5.75 Å². The Morgan fingerprint density at radius 3 is 2.19 bits per heavy atom. The first-order valence-corrected chi connectivity index (χ1v) is 12.9. The number of hydrogen-bond acceptors (Lipinski definition) is 6. The molecule has 2 N–H and O–H groups in total. The number of ether oxygens (including phenoxy) is 1. The quantitative estimate of drug-likeness (QED) is 0.501. The van der Waals surface area contributed by atoms with E-state index in [-0.39, 0.29) is 28.8 Å². The molecule has 0 radical (unpaired) electrons. The minimum atomic E-state index is -3.57. The fourth-order valence-corrected chi connectivity index (χ4v) is 4.78. The number of carbonyl (C=O) groups is 1. The van der Waals surface area contributed by atoms with E-state index in [4.69, 9.17) is 4.74 Å². The van der Waals surface area contributed by atoms with Gasteiger partial charge in [-0.2, -0.15) is 0 Å². The fourth-order valence-electron chi connectivity index (χ4n) is 2.66. The van der Waals surface area contributed by atoms with E-state index < -0.39 is 20.0 Å². The molecule has 1 amide bonds. The highest BCUT2D eigenvalue weighted by Crippen LogP contribution is 2.22. The lowest BCUT2D eigenvalue weighted by Gasteiger charge is -2.13. The predicted molar refractivity (Wildman–Crippen MR) is 121 cm³/mol. The third-order valence-corrected chi connectivity index (χ3v) is 7.84. The molecule has 0 heterocycles. The van der Waals surface area contributed by atoms with Crippen molar-refractivity contribution in [3.63, 3.8) is 0 Å². The number of rotatable bonds is 11. The molecular formula is C21H29N3O6S2. The molecule has 0 saturated heterocycles. The van der Waals surface area contributed by atoms with E-state index in [1.807, 2.05) is 6.92 Å². The van der Waals surface area contributed by atoms with Crippen LogP contribution in [0.2, 0.25) is 0 Å². The number of hydrogen-bond donors (Lipinski definition) is 2. The highest BCUT2D eigenvalue weighted by molar-refractivity contribution is 7.89. The van der Waals surface area contributed by atoms with Gasteiger partial charge in [0, 0.05) is 27.2 Å². The van der Waals surface area contributed by atoms with Crippen molar-refractivity contribution in [1.82, 2.24) is 14.3 Å². The van der Waals surface area contributed by atoms with Crippen molar-refractivity contribution < 1.29 is 26.4 Å². The number of nitrogens with one attached hydrogen (secondary N) is 2. The van der Waals surface area contributed by atoms with Gasteiger partial charge in [0.05, 0.1) is 9.79 Å². The van der Waals surface area contributed by atoms with Crippen LogP contribution in [-0.2, 0) is 31.4 Å². The summed E-state index contributed by atoms with van der Waals surface area (Å²) in [6, 6.07) is 10.7. The standard InChI is InChI=1S/C21H29N3O6S2/c1-5-12-23-31(26,27)19-10-11-20(16(2)13-19)30-15-21(25)22-14-17-6-8-18(9-7-17)32(28,29)24(3)4/h6-11,13,23H,5,12,14-15H2,1-4H3,(H,22,25). The summed E-state index contributed by atoms with van der Waals surface area (Å²) in [7, 11) is -4.16. The van der Waals surface area contributed by atoms with Gasteiger partial charge in [0.15, 0.2) is 6.61 Å². The Kier molecular flexibility index (Phi) is 8.79. The highest BCUT2D eigenvalue weighted by Gasteiger charge is 2.17. The van der Waals surface area contributed by atoms with Crippen LogP contribution in [0.4, 0.5) is 0 Å². The van der Waals surface area contributed by atoms with E-state index in [1.54, 1.807) is 19.1 Å². The molecule has 2 aromatic rings. The first kappa shape index (κ1) is 25.8. The van der Waals surface area contributed by atoms with Gasteiger partial charge >= 0.3 is 0 Å². The maximum absolute atomic E-state index is 12.2. The molecule has 0 aliphatic carbocycles. The molecule has 11 heteroatoms. The molecule has 0 atom stereocenters. The van der Waals surface area contributed by atoms with E-state index in [0.717, 1.165) is 9.87 Å². The Labute approximate surface area is 189 Å². The number of nitrogens with zero attached hydrogens (tertiary/aromatic N) is 1. The molecule has 0 bridgehead atoms. The first-order chi connectivity index (χ1) is 15.0. The molecule has 9 nitrogen and oxygen atoms in total. The van der Waals surface area contributed by atoms with Crippen LogP contribution in [-0.4, -0.2) is 54.3 Å². The Morgan fingerprint density at radius 1 is 1.00 bits per heavy atom. The number of benzene rings is 2. The van der Waals surface area contributed by atoms with Crippen LogP contribution >= 0.6 is 0 Å². The minimum Gasteiger partial charge on any atom is -0.484 e. The van der Waals surface area contributed by atoms with Gasteiger partial charge in [0.2, 0.25) is 20.0 Å². The Hall–Kier alpha value is -2.47. The van der Waals surface area contributed by atoms with Gasteiger partial charge in [-0.05, 0) is 54.8 Å². The highest BCUT2D eigenvalue weighted by atomic mass is 32.2. The SMILES string of the molecule is CCCNS(=O)(=O)c1ccc(OCC(=O)NCc2ccc(S(=O)(=O)N(C)C)cc2)c(C)c1. The summed E-state index contributed by atoms with van der Waals surface area (Å²) in [4.78, 5) is 12.4. The van der Waals surface area contributed by atoms with Crippen LogP contribution in [0, 0.1) is 6.92 Å². The summed E-state index contributed by atoms with van der Waals surface area (Å²) in [6.45, 7) is 3.90. The molecule has 176 valence electrons. The molecule has 32 heavy (non-hydrogen) atoms. The monoisotopic (exact) mass is 483 g/mol. The van der Waals surface area contributed by atoms with Gasteiger partial charge < -0.3 is 10.1 Å². The second-order valence-electron chi connectivity index (χ2n) is 7.32. The lowest BCUT2D eigenvalue weighted by Crippen LogP contribution is -2.28. The van der Waals surface area contributed by atoms with E-state index in [2.05, 4.69) is 10.0 Å². The van der Waals surface area contributed by atoms with Gasteiger partial charge in [0.25, 0.3) is 5.91 Å². The largest absolute Gasteiger partial charge is 0.484 e. The fraction of sp³-hybridized carbons (Fsp3) is 0.381. The summed E-state index contributed by atoms with van der Waals surface area (Å²) in [5, 5.41) is 2.70. The van der Waals surface area contributed by atoms with Gasteiger partial charge in [-0.15, -0.1) is 0 Å². The zero-order valence-electron chi connectivity index (χ0n) is 18.6. The Bertz CT molecular complexity index is 1140. The molecule has 2 aromatic carbocycles. The second-order valence-corrected chi connectivity index (χ2v) is 11.2. The minimum absolute atomic E-state index is 0.139. The van der Waals surface area contributed by atoms with Crippen LogP contribution in [0.15, 0.2) is 52.3 Å². The molecule has 0 fully saturated rings. The van der Waals surface area contributed by atoms with Crippen LogP contribution in [0.5, 0.6) is 5.75 Å². The number of carbonyl (C=O) groups excluding carboxylic acids is 1. The topological polar surface area (TPSA) is 122 Å². The molecule has 0 unspecified atom stereocenters. The molecular weight excluding hydrogens is 454 g/mol. The molecule has 0 aliphatic heterocycles. The summed E-state index contributed by atoms with van der Waals surface area (Å²) in [5.41, 5.74) is 1.33. The predicted octanol–water partition coefficient (Wildman–Crippen LogP) is 1.63. The van der Waals surface area contributed by atoms with E-state index in [9.17, 15) is 21.6 Å². The normalized spacial score (nSPS) is 12.0. The van der Waals surface area contributed by atoms with Crippen LogP contribution < -0.4 is 14.8 Å². The molecule has 2 rings (SSSR count). The molecule has 0 saturated carbocycles. The van der Waals surface area contributed by atoms with Crippen LogP contribution in [0.3, 0.4) is 0 Å². The third-order valence-electron chi connectivity index (χ3n) is 4.55. The average Bonchev–Trinajstić information content (AvgIpc) is 2.75. The van der Waals surface area contributed by atoms with Gasteiger partial charge in [-0.3, -0.25) is 4.79 Å². The van der Waals surface area contributed by atoms with Crippen molar-refractivity contribution in [2.24, 2.45) is 0 Å².